The molecule has 0 unspecified atom stereocenters. The summed E-state index contributed by atoms with van der Waals surface area (Å²) in [7, 11) is -4.38. The molecule has 0 bridgehead atoms. The van der Waals surface area contributed by atoms with E-state index in [0.717, 1.165) is 13.0 Å². The number of phosphoric ester groups is 1. The van der Waals surface area contributed by atoms with Gasteiger partial charge in [-0.15, -0.1) is 0 Å². The monoisotopic (exact) mass is 356 g/mol. The molecular weight excluding hydrogens is 323 g/mol. The molecule has 0 spiro atoms. The van der Waals surface area contributed by atoms with Crippen LogP contribution in [0.2, 0.25) is 0 Å². The van der Waals surface area contributed by atoms with E-state index in [0.29, 0.717) is 26.4 Å². The SMILES string of the molecule is CCCCCCCCCOCCOCCOCCOP(=O)(O)O. The molecule has 0 amide bonds. The van der Waals surface area contributed by atoms with Crippen molar-refractivity contribution >= 4 is 7.82 Å². The topological polar surface area (TPSA) is 94.5 Å². The smallest absolute Gasteiger partial charge is 0.379 e. The fourth-order valence-electron chi connectivity index (χ4n) is 1.92. The molecule has 0 aliphatic heterocycles. The van der Waals surface area contributed by atoms with E-state index in [2.05, 4.69) is 11.4 Å². The van der Waals surface area contributed by atoms with E-state index in [-0.39, 0.29) is 13.2 Å². The lowest BCUT2D eigenvalue weighted by Crippen LogP contribution is -2.11. The molecule has 0 rings (SSSR count). The van der Waals surface area contributed by atoms with Crippen LogP contribution in [-0.2, 0) is 23.3 Å². The van der Waals surface area contributed by atoms with E-state index in [1.165, 1.54) is 38.5 Å². The van der Waals surface area contributed by atoms with Gasteiger partial charge in [0.2, 0.25) is 0 Å². The summed E-state index contributed by atoms with van der Waals surface area (Å²) in [6.45, 7) is 4.90. The van der Waals surface area contributed by atoms with Gasteiger partial charge in [-0.25, -0.2) is 4.57 Å². The molecule has 8 heteroatoms. The molecule has 0 saturated heterocycles. The predicted octanol–water partition coefficient (Wildman–Crippen LogP) is 2.90. The summed E-state index contributed by atoms with van der Waals surface area (Å²) in [4.78, 5) is 16.9. The van der Waals surface area contributed by atoms with Crippen molar-refractivity contribution in [1.82, 2.24) is 0 Å². The molecule has 0 aromatic heterocycles. The summed E-state index contributed by atoms with van der Waals surface area (Å²) in [5, 5.41) is 0. The molecule has 0 aromatic rings. The normalized spacial score (nSPS) is 12.0. The van der Waals surface area contributed by atoms with Gasteiger partial charge in [0, 0.05) is 6.61 Å². The third-order valence-electron chi connectivity index (χ3n) is 3.12. The average Bonchev–Trinajstić information content (AvgIpc) is 2.49. The Bertz CT molecular complexity index is 283. The zero-order valence-electron chi connectivity index (χ0n) is 14.3. The standard InChI is InChI=1S/C15H33O7P/c1-2-3-4-5-6-7-8-9-19-10-11-20-12-13-21-14-15-22-23(16,17)18/h2-15H2,1H3,(H2,16,17,18). The first-order chi connectivity index (χ1) is 11.1. The Hall–Kier alpha value is -0.0100. The number of hydrogen-bond acceptors (Lipinski definition) is 5. The summed E-state index contributed by atoms with van der Waals surface area (Å²) in [5.74, 6) is 0. The zero-order chi connectivity index (χ0) is 17.2. The fraction of sp³-hybridized carbons (Fsp3) is 1.00. The molecule has 0 fully saturated rings. The van der Waals surface area contributed by atoms with Crippen molar-refractivity contribution < 1.29 is 33.1 Å². The maximum absolute atomic E-state index is 10.4. The van der Waals surface area contributed by atoms with E-state index < -0.39 is 7.82 Å². The molecule has 0 aliphatic carbocycles. The maximum atomic E-state index is 10.4. The van der Waals surface area contributed by atoms with Crippen molar-refractivity contribution in [2.45, 2.75) is 51.9 Å². The van der Waals surface area contributed by atoms with Gasteiger partial charge >= 0.3 is 7.82 Å². The highest BCUT2D eigenvalue weighted by Gasteiger charge is 2.12. The Morgan fingerprint density at radius 3 is 1.61 bits per heavy atom. The van der Waals surface area contributed by atoms with Crippen LogP contribution in [0.4, 0.5) is 0 Å². The van der Waals surface area contributed by atoms with E-state index in [1.54, 1.807) is 0 Å². The molecule has 0 heterocycles. The lowest BCUT2D eigenvalue weighted by Gasteiger charge is -2.07. The second kappa shape index (κ2) is 16.8. The van der Waals surface area contributed by atoms with Gasteiger partial charge in [-0.1, -0.05) is 45.4 Å². The number of ether oxygens (including phenoxy) is 3. The van der Waals surface area contributed by atoms with Crippen LogP contribution in [0, 0.1) is 0 Å². The van der Waals surface area contributed by atoms with Crippen molar-refractivity contribution in [2.75, 3.05) is 46.2 Å². The largest absolute Gasteiger partial charge is 0.469 e. The molecule has 2 N–H and O–H groups in total. The van der Waals surface area contributed by atoms with Gasteiger partial charge in [0.05, 0.1) is 39.6 Å². The van der Waals surface area contributed by atoms with Crippen LogP contribution in [0.3, 0.4) is 0 Å². The lowest BCUT2D eigenvalue weighted by atomic mass is 10.1. The van der Waals surface area contributed by atoms with Crippen molar-refractivity contribution in [3.8, 4) is 0 Å². The highest BCUT2D eigenvalue weighted by atomic mass is 31.2. The Kier molecular flexibility index (Phi) is 16.8. The molecule has 140 valence electrons. The highest BCUT2D eigenvalue weighted by Crippen LogP contribution is 2.35. The van der Waals surface area contributed by atoms with Crippen molar-refractivity contribution in [3.05, 3.63) is 0 Å². The summed E-state index contributed by atoms with van der Waals surface area (Å²) >= 11 is 0. The maximum Gasteiger partial charge on any atom is 0.469 e. The van der Waals surface area contributed by atoms with Crippen LogP contribution in [0.5, 0.6) is 0 Å². The van der Waals surface area contributed by atoms with Crippen molar-refractivity contribution in [3.63, 3.8) is 0 Å². The first kappa shape index (κ1) is 23.0. The third kappa shape index (κ3) is 22.0. The molecule has 0 atom stereocenters. The molecule has 0 aromatic carbocycles. The van der Waals surface area contributed by atoms with Crippen LogP contribution in [0.25, 0.3) is 0 Å². The first-order valence-corrected chi connectivity index (χ1v) is 10.0. The molecule has 0 radical (unpaired) electrons. The number of rotatable bonds is 18. The van der Waals surface area contributed by atoms with Crippen LogP contribution < -0.4 is 0 Å². The van der Waals surface area contributed by atoms with Crippen LogP contribution in [0.1, 0.15) is 51.9 Å². The van der Waals surface area contributed by atoms with Gasteiger partial charge in [-0.2, -0.15) is 0 Å². The molecule has 7 nitrogen and oxygen atoms in total. The number of hydrogen-bond donors (Lipinski definition) is 2. The van der Waals surface area contributed by atoms with Gasteiger partial charge in [0.1, 0.15) is 0 Å². The van der Waals surface area contributed by atoms with Crippen LogP contribution in [0.15, 0.2) is 0 Å². The van der Waals surface area contributed by atoms with Gasteiger partial charge in [0.15, 0.2) is 0 Å². The Morgan fingerprint density at radius 2 is 1.09 bits per heavy atom. The van der Waals surface area contributed by atoms with Gasteiger partial charge in [-0.3, -0.25) is 4.52 Å². The van der Waals surface area contributed by atoms with E-state index in [1.807, 2.05) is 0 Å². The predicted molar refractivity (Wildman–Crippen MR) is 88.4 cm³/mol. The minimum Gasteiger partial charge on any atom is -0.379 e. The van der Waals surface area contributed by atoms with E-state index >= 15 is 0 Å². The van der Waals surface area contributed by atoms with Crippen LogP contribution >= 0.6 is 7.82 Å². The Balaban J connectivity index is 3.01. The Morgan fingerprint density at radius 1 is 0.652 bits per heavy atom. The molecule has 23 heavy (non-hydrogen) atoms. The summed E-state index contributed by atoms with van der Waals surface area (Å²) in [6.07, 6.45) is 8.94. The second-order valence-electron chi connectivity index (χ2n) is 5.28. The summed E-state index contributed by atoms with van der Waals surface area (Å²) < 4.78 is 30.5. The fourth-order valence-corrected chi connectivity index (χ4v) is 2.23. The molecule has 0 aliphatic rings. The van der Waals surface area contributed by atoms with Crippen LogP contribution in [-0.4, -0.2) is 56.0 Å². The van der Waals surface area contributed by atoms with Crippen molar-refractivity contribution in [1.29, 1.82) is 0 Å². The van der Waals surface area contributed by atoms with E-state index in [9.17, 15) is 4.57 Å². The minimum atomic E-state index is -4.38. The first-order valence-electron chi connectivity index (χ1n) is 8.49. The van der Waals surface area contributed by atoms with E-state index in [4.69, 9.17) is 24.0 Å². The number of phosphoric acid groups is 1. The van der Waals surface area contributed by atoms with Gasteiger partial charge in [-0.05, 0) is 6.42 Å². The summed E-state index contributed by atoms with van der Waals surface area (Å²) in [6, 6.07) is 0. The third-order valence-corrected chi connectivity index (χ3v) is 3.64. The number of unbranched alkanes of at least 4 members (excludes halogenated alkanes) is 6. The van der Waals surface area contributed by atoms with Gasteiger partial charge in [0.25, 0.3) is 0 Å². The minimum absolute atomic E-state index is 0.128. The molecular formula is C15H33O7P. The van der Waals surface area contributed by atoms with Gasteiger partial charge < -0.3 is 24.0 Å². The summed E-state index contributed by atoms with van der Waals surface area (Å²) in [5.41, 5.74) is 0. The Labute approximate surface area is 139 Å². The quantitative estimate of drug-likeness (QED) is 0.288. The lowest BCUT2D eigenvalue weighted by molar-refractivity contribution is 0.00702. The average molecular weight is 356 g/mol. The molecule has 0 saturated carbocycles. The van der Waals surface area contributed by atoms with Crippen molar-refractivity contribution in [2.24, 2.45) is 0 Å². The zero-order valence-corrected chi connectivity index (χ0v) is 15.2. The highest BCUT2D eigenvalue weighted by molar-refractivity contribution is 7.46. The second-order valence-corrected chi connectivity index (χ2v) is 6.52.